The molecule has 1 rings (SSSR count). The zero-order valence-corrected chi connectivity index (χ0v) is 8.41. The van der Waals surface area contributed by atoms with E-state index in [1.54, 1.807) is 11.3 Å². The van der Waals surface area contributed by atoms with Crippen molar-refractivity contribution in [2.75, 3.05) is 0 Å². The second-order valence-electron chi connectivity index (χ2n) is 2.97. The lowest BCUT2D eigenvalue weighted by molar-refractivity contribution is 0.0980. The van der Waals surface area contributed by atoms with Crippen LogP contribution in [0.3, 0.4) is 0 Å². The molecular formula is C10H14OS. The third-order valence-electron chi connectivity index (χ3n) is 1.81. The van der Waals surface area contributed by atoms with Gasteiger partial charge in [0.15, 0.2) is 5.78 Å². The van der Waals surface area contributed by atoms with Crippen molar-refractivity contribution in [3.63, 3.8) is 0 Å². The monoisotopic (exact) mass is 182 g/mol. The van der Waals surface area contributed by atoms with Crippen LogP contribution in [0, 0.1) is 6.92 Å². The summed E-state index contributed by atoms with van der Waals surface area (Å²) in [5.41, 5.74) is 0.894. The van der Waals surface area contributed by atoms with E-state index >= 15 is 0 Å². The van der Waals surface area contributed by atoms with Gasteiger partial charge < -0.3 is 0 Å². The van der Waals surface area contributed by atoms with Gasteiger partial charge in [0.2, 0.25) is 0 Å². The van der Waals surface area contributed by atoms with E-state index in [1.165, 1.54) is 4.88 Å². The molecule has 0 saturated heterocycles. The van der Waals surface area contributed by atoms with Gasteiger partial charge in [0, 0.05) is 22.2 Å². The molecule has 0 atom stereocenters. The summed E-state index contributed by atoms with van der Waals surface area (Å²) >= 11 is 1.65. The van der Waals surface area contributed by atoms with Crippen LogP contribution in [-0.2, 0) is 0 Å². The highest BCUT2D eigenvalue weighted by molar-refractivity contribution is 7.10. The maximum atomic E-state index is 11.4. The molecular weight excluding hydrogens is 168 g/mol. The second kappa shape index (κ2) is 4.41. The fourth-order valence-electron chi connectivity index (χ4n) is 1.07. The molecule has 0 aliphatic rings. The number of unbranched alkanes of at least 4 members (excludes halogenated alkanes) is 1. The quantitative estimate of drug-likeness (QED) is 0.652. The summed E-state index contributed by atoms with van der Waals surface area (Å²) in [6, 6.07) is 1.97. The summed E-state index contributed by atoms with van der Waals surface area (Å²) in [5.74, 6) is 0.293. The summed E-state index contributed by atoms with van der Waals surface area (Å²) in [4.78, 5) is 12.6. The van der Waals surface area contributed by atoms with E-state index in [1.807, 2.05) is 18.4 Å². The highest BCUT2D eigenvalue weighted by Crippen LogP contribution is 2.15. The maximum Gasteiger partial charge on any atom is 0.163 e. The Morgan fingerprint density at radius 1 is 1.58 bits per heavy atom. The van der Waals surface area contributed by atoms with Crippen LogP contribution in [0.4, 0.5) is 0 Å². The average Bonchev–Trinajstić information content (AvgIpc) is 2.47. The maximum absolute atomic E-state index is 11.4. The zero-order valence-electron chi connectivity index (χ0n) is 7.59. The lowest BCUT2D eigenvalue weighted by Crippen LogP contribution is -1.95. The van der Waals surface area contributed by atoms with E-state index in [2.05, 4.69) is 6.92 Å². The molecule has 1 aromatic rings. The highest BCUT2D eigenvalue weighted by atomic mass is 32.1. The molecule has 0 radical (unpaired) electrons. The molecule has 0 aliphatic heterocycles. The molecule has 0 aliphatic carbocycles. The molecule has 66 valence electrons. The van der Waals surface area contributed by atoms with Crippen molar-refractivity contribution in [2.24, 2.45) is 0 Å². The number of hydrogen-bond donors (Lipinski definition) is 0. The SMILES string of the molecule is CCCCC(=O)c1csc(C)c1. The van der Waals surface area contributed by atoms with E-state index in [-0.39, 0.29) is 0 Å². The fraction of sp³-hybridized carbons (Fsp3) is 0.500. The van der Waals surface area contributed by atoms with Gasteiger partial charge >= 0.3 is 0 Å². The first-order chi connectivity index (χ1) is 5.74. The first-order valence-corrected chi connectivity index (χ1v) is 5.20. The van der Waals surface area contributed by atoms with Crippen LogP contribution in [0.25, 0.3) is 0 Å². The minimum Gasteiger partial charge on any atom is -0.294 e. The number of thiophene rings is 1. The molecule has 2 heteroatoms. The van der Waals surface area contributed by atoms with Gasteiger partial charge in [-0.15, -0.1) is 11.3 Å². The summed E-state index contributed by atoms with van der Waals surface area (Å²) in [6.45, 7) is 4.13. The standard InChI is InChI=1S/C10H14OS/c1-3-4-5-10(11)9-6-8(2)12-7-9/h6-7H,3-5H2,1-2H3. The predicted octanol–water partition coefficient (Wildman–Crippen LogP) is 3.43. The van der Waals surface area contributed by atoms with Crippen LogP contribution in [0.15, 0.2) is 11.4 Å². The molecule has 0 saturated carbocycles. The van der Waals surface area contributed by atoms with Gasteiger partial charge in [0.1, 0.15) is 0 Å². The van der Waals surface area contributed by atoms with Crippen molar-refractivity contribution in [1.82, 2.24) is 0 Å². The Morgan fingerprint density at radius 2 is 2.33 bits per heavy atom. The fourth-order valence-corrected chi connectivity index (χ4v) is 1.78. The van der Waals surface area contributed by atoms with Gasteiger partial charge in [-0.05, 0) is 19.4 Å². The van der Waals surface area contributed by atoms with Gasteiger partial charge in [-0.3, -0.25) is 4.79 Å². The van der Waals surface area contributed by atoms with E-state index in [4.69, 9.17) is 0 Å². The second-order valence-corrected chi connectivity index (χ2v) is 4.09. The van der Waals surface area contributed by atoms with Gasteiger partial charge in [0.25, 0.3) is 0 Å². The first kappa shape index (κ1) is 9.46. The molecule has 1 aromatic heterocycles. The van der Waals surface area contributed by atoms with Crippen LogP contribution >= 0.6 is 11.3 Å². The lowest BCUT2D eigenvalue weighted by Gasteiger charge is -1.94. The summed E-state index contributed by atoms with van der Waals surface area (Å²) in [7, 11) is 0. The van der Waals surface area contributed by atoms with Crippen molar-refractivity contribution in [3.05, 3.63) is 21.9 Å². The molecule has 0 bridgehead atoms. The first-order valence-electron chi connectivity index (χ1n) is 4.32. The van der Waals surface area contributed by atoms with Gasteiger partial charge in [-0.2, -0.15) is 0 Å². The minimum atomic E-state index is 0.293. The van der Waals surface area contributed by atoms with Crippen molar-refractivity contribution in [2.45, 2.75) is 33.1 Å². The zero-order chi connectivity index (χ0) is 8.97. The predicted molar refractivity (Wildman–Crippen MR) is 52.9 cm³/mol. The van der Waals surface area contributed by atoms with Crippen molar-refractivity contribution in [3.8, 4) is 0 Å². The Bertz CT molecular complexity index is 263. The number of carbonyl (C=O) groups excluding carboxylic acids is 1. The average molecular weight is 182 g/mol. The molecule has 0 fully saturated rings. The summed E-state index contributed by atoms with van der Waals surface area (Å²) < 4.78 is 0. The summed E-state index contributed by atoms with van der Waals surface area (Å²) in [5, 5.41) is 1.95. The van der Waals surface area contributed by atoms with Crippen LogP contribution in [-0.4, -0.2) is 5.78 Å². The molecule has 0 aromatic carbocycles. The highest BCUT2D eigenvalue weighted by Gasteiger charge is 2.05. The van der Waals surface area contributed by atoms with Crippen LogP contribution in [0.2, 0.25) is 0 Å². The Labute approximate surface area is 77.4 Å². The van der Waals surface area contributed by atoms with Gasteiger partial charge in [-0.1, -0.05) is 13.3 Å². The smallest absolute Gasteiger partial charge is 0.163 e. The third-order valence-corrected chi connectivity index (χ3v) is 2.67. The lowest BCUT2D eigenvalue weighted by atomic mass is 10.1. The molecule has 0 spiro atoms. The molecule has 0 unspecified atom stereocenters. The normalized spacial score (nSPS) is 10.2. The van der Waals surface area contributed by atoms with E-state index in [0.29, 0.717) is 12.2 Å². The molecule has 12 heavy (non-hydrogen) atoms. The van der Waals surface area contributed by atoms with Crippen LogP contribution < -0.4 is 0 Å². The number of carbonyl (C=O) groups is 1. The largest absolute Gasteiger partial charge is 0.294 e. The van der Waals surface area contributed by atoms with Crippen molar-refractivity contribution >= 4 is 17.1 Å². The minimum absolute atomic E-state index is 0.293. The Hall–Kier alpha value is -0.630. The van der Waals surface area contributed by atoms with Crippen LogP contribution in [0.5, 0.6) is 0 Å². The van der Waals surface area contributed by atoms with Crippen molar-refractivity contribution < 1.29 is 4.79 Å². The number of hydrogen-bond acceptors (Lipinski definition) is 2. The molecule has 0 amide bonds. The topological polar surface area (TPSA) is 17.1 Å². The third kappa shape index (κ3) is 2.45. The number of Topliss-reactive ketones (excluding diaryl/α,β-unsaturated/α-hetero) is 1. The number of aryl methyl sites for hydroxylation is 1. The van der Waals surface area contributed by atoms with Crippen molar-refractivity contribution in [1.29, 1.82) is 0 Å². The number of rotatable bonds is 4. The summed E-state index contributed by atoms with van der Waals surface area (Å²) in [6.07, 6.45) is 2.80. The van der Waals surface area contributed by atoms with Gasteiger partial charge in [0.05, 0.1) is 0 Å². The molecule has 1 nitrogen and oxygen atoms in total. The van der Waals surface area contributed by atoms with E-state index in [9.17, 15) is 4.79 Å². The Morgan fingerprint density at radius 3 is 2.83 bits per heavy atom. The molecule has 0 N–H and O–H groups in total. The van der Waals surface area contributed by atoms with Gasteiger partial charge in [-0.25, -0.2) is 0 Å². The Balaban J connectivity index is 2.53. The Kier molecular flexibility index (Phi) is 3.48. The van der Waals surface area contributed by atoms with E-state index in [0.717, 1.165) is 18.4 Å². The van der Waals surface area contributed by atoms with Crippen LogP contribution in [0.1, 0.15) is 41.4 Å². The molecule has 1 heterocycles. The number of ketones is 1. The van der Waals surface area contributed by atoms with E-state index < -0.39 is 0 Å².